The van der Waals surface area contributed by atoms with Crippen LogP contribution in [-0.4, -0.2) is 48.2 Å². The molecule has 0 radical (unpaired) electrons. The van der Waals surface area contributed by atoms with E-state index in [-0.39, 0.29) is 41.3 Å². The number of allylic oxidation sites excluding steroid dienone is 2. The van der Waals surface area contributed by atoms with E-state index in [1.165, 1.54) is 11.1 Å². The van der Waals surface area contributed by atoms with Crippen LogP contribution in [0.25, 0.3) is 5.57 Å². The summed E-state index contributed by atoms with van der Waals surface area (Å²) in [6.45, 7) is 14.7. The summed E-state index contributed by atoms with van der Waals surface area (Å²) in [6.07, 6.45) is 10.1. The third-order valence-electron chi connectivity index (χ3n) is 8.97. The molecule has 188 valence electrons. The molecule has 4 nitrogen and oxygen atoms in total. The van der Waals surface area contributed by atoms with Crippen molar-refractivity contribution in [2.75, 3.05) is 17.6 Å². The van der Waals surface area contributed by atoms with Crippen molar-refractivity contribution in [1.29, 1.82) is 0 Å². The smallest absolute Gasteiger partial charge is 0.119 e. The first-order chi connectivity index (χ1) is 16.3. The Morgan fingerprint density at radius 1 is 0.882 bits per heavy atom. The molecule has 2 heterocycles. The minimum absolute atomic E-state index is 0.109. The molecule has 0 aromatic heterocycles. The Bertz CT molecular complexity index is 886. The van der Waals surface area contributed by atoms with Gasteiger partial charge in [-0.2, -0.15) is 0 Å². The molecule has 3 aliphatic rings. The summed E-state index contributed by atoms with van der Waals surface area (Å²) >= 11 is 2.42. The SMILES string of the molecule is CCC1(COC2C=CC(c3ccc(OCC4(CC)C(C)OC4CI)cc3)=CC2C)C(C)OC1C. The third-order valence-corrected chi connectivity index (χ3v) is 9.77. The summed E-state index contributed by atoms with van der Waals surface area (Å²) in [4.78, 5) is 0. The van der Waals surface area contributed by atoms with Crippen molar-refractivity contribution in [1.82, 2.24) is 0 Å². The minimum Gasteiger partial charge on any atom is -0.493 e. The molecule has 2 saturated heterocycles. The normalized spacial score (nSPS) is 39.2. The van der Waals surface area contributed by atoms with Crippen molar-refractivity contribution in [2.24, 2.45) is 16.7 Å². The fraction of sp³-hybridized carbons (Fsp3) is 0.655. The van der Waals surface area contributed by atoms with Crippen LogP contribution in [0.1, 0.15) is 59.9 Å². The van der Waals surface area contributed by atoms with Gasteiger partial charge in [-0.3, -0.25) is 0 Å². The lowest BCUT2D eigenvalue weighted by atomic mass is 9.71. The Morgan fingerprint density at radius 3 is 2.06 bits per heavy atom. The molecule has 0 saturated carbocycles. The highest BCUT2D eigenvalue weighted by molar-refractivity contribution is 14.1. The van der Waals surface area contributed by atoms with E-state index in [2.05, 4.69) is 107 Å². The summed E-state index contributed by atoms with van der Waals surface area (Å²) in [5, 5.41) is 0. The van der Waals surface area contributed by atoms with Crippen LogP contribution in [0.15, 0.2) is 42.5 Å². The van der Waals surface area contributed by atoms with Crippen LogP contribution in [0.2, 0.25) is 0 Å². The number of ether oxygens (including phenoxy) is 4. The first kappa shape index (κ1) is 26.2. The van der Waals surface area contributed by atoms with Gasteiger partial charge in [0.15, 0.2) is 0 Å². The van der Waals surface area contributed by atoms with E-state index in [0.29, 0.717) is 12.5 Å². The van der Waals surface area contributed by atoms with Crippen LogP contribution >= 0.6 is 22.6 Å². The van der Waals surface area contributed by atoms with Gasteiger partial charge in [0.1, 0.15) is 5.75 Å². The molecule has 1 aromatic rings. The topological polar surface area (TPSA) is 36.9 Å². The number of hydrogen-bond donors (Lipinski definition) is 0. The van der Waals surface area contributed by atoms with E-state index in [9.17, 15) is 0 Å². The molecule has 0 N–H and O–H groups in total. The highest BCUT2D eigenvalue weighted by Gasteiger charge is 2.53. The molecule has 7 atom stereocenters. The number of benzene rings is 1. The van der Waals surface area contributed by atoms with Gasteiger partial charge in [-0.1, -0.05) is 73.7 Å². The van der Waals surface area contributed by atoms with Crippen molar-refractivity contribution in [3.8, 4) is 5.75 Å². The highest BCUT2D eigenvalue weighted by Crippen LogP contribution is 2.46. The summed E-state index contributed by atoms with van der Waals surface area (Å²) < 4.78 is 25.4. The zero-order chi connectivity index (χ0) is 24.5. The van der Waals surface area contributed by atoms with Gasteiger partial charge in [0.25, 0.3) is 0 Å². The molecule has 1 aromatic carbocycles. The molecule has 0 bridgehead atoms. The molecule has 34 heavy (non-hydrogen) atoms. The maximum absolute atomic E-state index is 6.41. The average Bonchev–Trinajstić information content (AvgIpc) is 2.84. The Labute approximate surface area is 219 Å². The van der Waals surface area contributed by atoms with Gasteiger partial charge < -0.3 is 18.9 Å². The summed E-state index contributed by atoms with van der Waals surface area (Å²) in [7, 11) is 0. The van der Waals surface area contributed by atoms with Gasteiger partial charge in [0.05, 0.1) is 49.1 Å². The molecule has 7 unspecified atom stereocenters. The molecule has 2 aliphatic heterocycles. The minimum atomic E-state index is 0.109. The molecule has 0 amide bonds. The van der Waals surface area contributed by atoms with E-state index in [1.807, 2.05) is 0 Å². The second-order valence-electron chi connectivity index (χ2n) is 10.4. The largest absolute Gasteiger partial charge is 0.493 e. The summed E-state index contributed by atoms with van der Waals surface area (Å²) in [6, 6.07) is 8.51. The zero-order valence-electron chi connectivity index (χ0n) is 21.6. The fourth-order valence-corrected chi connectivity index (χ4v) is 6.98. The van der Waals surface area contributed by atoms with Crippen molar-refractivity contribution in [3.05, 3.63) is 48.1 Å². The van der Waals surface area contributed by atoms with Crippen molar-refractivity contribution < 1.29 is 18.9 Å². The summed E-state index contributed by atoms with van der Waals surface area (Å²) in [5.41, 5.74) is 2.72. The molecule has 1 aliphatic carbocycles. The Hall–Kier alpha value is -0.890. The highest BCUT2D eigenvalue weighted by atomic mass is 127. The quantitative estimate of drug-likeness (QED) is 0.224. The summed E-state index contributed by atoms with van der Waals surface area (Å²) in [5.74, 6) is 1.25. The number of rotatable bonds is 10. The van der Waals surface area contributed by atoms with Gasteiger partial charge in [0.2, 0.25) is 0 Å². The van der Waals surface area contributed by atoms with E-state index in [1.54, 1.807) is 0 Å². The molecule has 0 spiro atoms. The second-order valence-corrected chi connectivity index (χ2v) is 11.3. The number of hydrogen-bond acceptors (Lipinski definition) is 4. The average molecular weight is 581 g/mol. The Kier molecular flexibility index (Phi) is 8.17. The first-order valence-corrected chi connectivity index (χ1v) is 14.4. The van der Waals surface area contributed by atoms with Gasteiger partial charge >= 0.3 is 0 Å². The lowest BCUT2D eigenvalue weighted by molar-refractivity contribution is -0.259. The van der Waals surface area contributed by atoms with Crippen LogP contribution in [0, 0.1) is 16.7 Å². The van der Waals surface area contributed by atoms with Crippen molar-refractivity contribution in [2.45, 2.75) is 84.9 Å². The maximum atomic E-state index is 6.41. The second kappa shape index (κ2) is 10.6. The predicted molar refractivity (Wildman–Crippen MR) is 147 cm³/mol. The van der Waals surface area contributed by atoms with E-state index < -0.39 is 0 Å². The molecular weight excluding hydrogens is 539 g/mol. The van der Waals surface area contributed by atoms with E-state index in [4.69, 9.17) is 18.9 Å². The van der Waals surface area contributed by atoms with Gasteiger partial charge in [-0.15, -0.1) is 0 Å². The van der Waals surface area contributed by atoms with Gasteiger partial charge in [0, 0.05) is 15.8 Å². The molecule has 2 fully saturated rings. The van der Waals surface area contributed by atoms with Gasteiger partial charge in [-0.25, -0.2) is 0 Å². The molecular formula is C29H41IO4. The number of halogens is 1. The Balaban J connectivity index is 1.33. The van der Waals surface area contributed by atoms with Gasteiger partial charge in [-0.05, 0) is 56.9 Å². The third kappa shape index (κ3) is 4.62. The van der Waals surface area contributed by atoms with Crippen LogP contribution in [0.5, 0.6) is 5.75 Å². The zero-order valence-corrected chi connectivity index (χ0v) is 23.7. The lowest BCUT2D eigenvalue weighted by Gasteiger charge is -2.53. The maximum Gasteiger partial charge on any atom is 0.119 e. The van der Waals surface area contributed by atoms with Crippen LogP contribution in [0.4, 0.5) is 0 Å². The van der Waals surface area contributed by atoms with E-state index in [0.717, 1.165) is 29.6 Å². The van der Waals surface area contributed by atoms with E-state index >= 15 is 0 Å². The van der Waals surface area contributed by atoms with Crippen molar-refractivity contribution in [3.63, 3.8) is 0 Å². The molecule has 5 heteroatoms. The van der Waals surface area contributed by atoms with Crippen LogP contribution < -0.4 is 4.74 Å². The predicted octanol–water partition coefficient (Wildman–Crippen LogP) is 6.86. The molecule has 4 rings (SSSR count). The van der Waals surface area contributed by atoms with Crippen LogP contribution in [-0.2, 0) is 14.2 Å². The standard InChI is InChI=1S/C29H41IO4/c1-7-28(20(4)33-21(28)5)17-32-26-14-11-24(15-19(26)3)23-9-12-25(13-10-23)31-18-29(8-2)22(6)34-27(29)16-30/h9-15,19-22,26-27H,7-8,16-18H2,1-6H3. The lowest BCUT2D eigenvalue weighted by Crippen LogP contribution is -2.61. The van der Waals surface area contributed by atoms with Crippen molar-refractivity contribution >= 4 is 28.2 Å². The monoisotopic (exact) mass is 580 g/mol. The Morgan fingerprint density at radius 2 is 1.53 bits per heavy atom. The van der Waals surface area contributed by atoms with Crippen LogP contribution in [0.3, 0.4) is 0 Å². The number of alkyl halides is 1. The first-order valence-electron chi connectivity index (χ1n) is 12.9. The fourth-order valence-electron chi connectivity index (χ4n) is 5.89.